The van der Waals surface area contributed by atoms with Crippen LogP contribution in [0.1, 0.15) is 44.5 Å². The second-order valence-electron chi connectivity index (χ2n) is 5.38. The number of ether oxygens (including phenoxy) is 1. The van der Waals surface area contributed by atoms with Crippen LogP contribution in [0.2, 0.25) is 0 Å². The summed E-state index contributed by atoms with van der Waals surface area (Å²) in [5.74, 6) is 0.509. The summed E-state index contributed by atoms with van der Waals surface area (Å²) in [6, 6.07) is 0.235. The van der Waals surface area contributed by atoms with Crippen LogP contribution in [-0.2, 0) is 4.74 Å². The first-order valence-corrected chi connectivity index (χ1v) is 6.71. The van der Waals surface area contributed by atoms with E-state index in [4.69, 9.17) is 4.74 Å². The summed E-state index contributed by atoms with van der Waals surface area (Å²) in [4.78, 5) is 15.8. The van der Waals surface area contributed by atoms with Crippen LogP contribution in [0.15, 0.2) is 11.6 Å². The summed E-state index contributed by atoms with van der Waals surface area (Å²) < 4.78 is 5.21. The summed E-state index contributed by atoms with van der Waals surface area (Å²) in [5, 5.41) is 6.04. The standard InChI is InChI=1S/C12H18N2O2S/c1-12(2,3)16-11(15)14-9-6-8(7-9)10-13-4-5-17-10/h4-5,8-9H,6-7H2,1-3H3,(H,14,15). The van der Waals surface area contributed by atoms with E-state index in [0.717, 1.165) is 12.8 Å². The van der Waals surface area contributed by atoms with E-state index in [1.807, 2.05) is 32.3 Å². The summed E-state index contributed by atoms with van der Waals surface area (Å²) >= 11 is 1.68. The minimum atomic E-state index is -0.428. The van der Waals surface area contributed by atoms with Crippen molar-refractivity contribution < 1.29 is 9.53 Å². The largest absolute Gasteiger partial charge is 0.444 e. The van der Waals surface area contributed by atoms with Crippen molar-refractivity contribution in [1.82, 2.24) is 10.3 Å². The third kappa shape index (κ3) is 3.43. The van der Waals surface area contributed by atoms with Crippen LogP contribution in [0.3, 0.4) is 0 Å². The number of thiazole rings is 1. The molecule has 5 heteroatoms. The Kier molecular flexibility index (Phi) is 3.38. The Morgan fingerprint density at radius 1 is 1.53 bits per heavy atom. The van der Waals surface area contributed by atoms with E-state index in [2.05, 4.69) is 10.3 Å². The molecule has 4 nitrogen and oxygen atoms in total. The van der Waals surface area contributed by atoms with Gasteiger partial charge in [0.15, 0.2) is 0 Å². The molecule has 0 atom stereocenters. The lowest BCUT2D eigenvalue weighted by molar-refractivity contribution is 0.0471. The first-order chi connectivity index (χ1) is 7.94. The maximum absolute atomic E-state index is 11.5. The fourth-order valence-electron chi connectivity index (χ4n) is 1.85. The summed E-state index contributed by atoms with van der Waals surface area (Å²) in [6.45, 7) is 5.60. The highest BCUT2D eigenvalue weighted by atomic mass is 32.1. The number of hydrogen-bond acceptors (Lipinski definition) is 4. The molecule has 1 fully saturated rings. The van der Waals surface area contributed by atoms with E-state index in [1.54, 1.807) is 11.3 Å². The highest BCUT2D eigenvalue weighted by Crippen LogP contribution is 2.37. The molecule has 1 aromatic rings. The molecule has 1 N–H and O–H groups in total. The molecule has 0 unspecified atom stereocenters. The number of amides is 1. The van der Waals surface area contributed by atoms with Crippen molar-refractivity contribution in [3.8, 4) is 0 Å². The van der Waals surface area contributed by atoms with Crippen molar-refractivity contribution in [2.75, 3.05) is 0 Å². The first-order valence-electron chi connectivity index (χ1n) is 5.83. The predicted molar refractivity (Wildman–Crippen MR) is 67.2 cm³/mol. The number of hydrogen-bond donors (Lipinski definition) is 1. The van der Waals surface area contributed by atoms with Crippen molar-refractivity contribution in [3.05, 3.63) is 16.6 Å². The fourth-order valence-corrected chi connectivity index (χ4v) is 2.62. The summed E-state index contributed by atoms with van der Waals surface area (Å²) in [7, 11) is 0. The molecule has 0 bridgehead atoms. The molecule has 1 aromatic heterocycles. The Labute approximate surface area is 105 Å². The van der Waals surface area contributed by atoms with E-state index in [9.17, 15) is 4.79 Å². The molecule has 0 aliphatic heterocycles. The second kappa shape index (κ2) is 4.64. The number of carbonyl (C=O) groups is 1. The second-order valence-corrected chi connectivity index (χ2v) is 6.31. The van der Waals surface area contributed by atoms with Gasteiger partial charge in [-0.3, -0.25) is 0 Å². The SMILES string of the molecule is CC(C)(C)OC(=O)NC1CC(c2nccs2)C1. The van der Waals surface area contributed by atoms with Crippen molar-refractivity contribution in [2.24, 2.45) is 0 Å². The number of carbonyl (C=O) groups excluding carboxylic acids is 1. The molecule has 0 saturated heterocycles. The Bertz CT molecular complexity index is 378. The molecule has 0 radical (unpaired) electrons. The van der Waals surface area contributed by atoms with Gasteiger partial charge in [-0.25, -0.2) is 9.78 Å². The topological polar surface area (TPSA) is 51.2 Å². The molecule has 17 heavy (non-hydrogen) atoms. The van der Waals surface area contributed by atoms with Gasteiger partial charge in [-0.15, -0.1) is 11.3 Å². The predicted octanol–water partition coefficient (Wildman–Crippen LogP) is 2.91. The average molecular weight is 254 g/mol. The maximum Gasteiger partial charge on any atom is 0.407 e. The Morgan fingerprint density at radius 3 is 2.76 bits per heavy atom. The van der Waals surface area contributed by atoms with Crippen LogP contribution in [0.4, 0.5) is 4.79 Å². The van der Waals surface area contributed by atoms with Gasteiger partial charge >= 0.3 is 6.09 Å². The van der Waals surface area contributed by atoms with Crippen LogP contribution in [0, 0.1) is 0 Å². The number of rotatable bonds is 2. The van der Waals surface area contributed by atoms with E-state index in [0.29, 0.717) is 5.92 Å². The van der Waals surface area contributed by atoms with E-state index < -0.39 is 5.60 Å². The highest BCUT2D eigenvalue weighted by Gasteiger charge is 2.33. The lowest BCUT2D eigenvalue weighted by Gasteiger charge is -2.34. The molecule has 2 rings (SSSR count). The monoisotopic (exact) mass is 254 g/mol. The lowest BCUT2D eigenvalue weighted by atomic mass is 9.81. The molecule has 0 spiro atoms. The first kappa shape index (κ1) is 12.4. The van der Waals surface area contributed by atoms with Crippen molar-refractivity contribution >= 4 is 17.4 Å². The molecule has 94 valence electrons. The zero-order chi connectivity index (χ0) is 12.5. The molecule has 1 saturated carbocycles. The quantitative estimate of drug-likeness (QED) is 0.882. The Balaban J connectivity index is 1.72. The van der Waals surface area contributed by atoms with Crippen molar-refractivity contribution in [2.45, 2.75) is 51.2 Å². The summed E-state index contributed by atoms with van der Waals surface area (Å²) in [5.41, 5.74) is -0.428. The van der Waals surface area contributed by atoms with Crippen molar-refractivity contribution in [3.63, 3.8) is 0 Å². The molecule has 0 aromatic carbocycles. The highest BCUT2D eigenvalue weighted by molar-refractivity contribution is 7.09. The lowest BCUT2D eigenvalue weighted by Crippen LogP contribution is -2.45. The number of aromatic nitrogens is 1. The van der Waals surface area contributed by atoms with Gasteiger partial charge < -0.3 is 10.1 Å². The van der Waals surface area contributed by atoms with E-state index in [-0.39, 0.29) is 12.1 Å². The minimum absolute atomic E-state index is 0.235. The van der Waals surface area contributed by atoms with Gasteiger partial charge in [0.2, 0.25) is 0 Å². The Hall–Kier alpha value is -1.10. The van der Waals surface area contributed by atoms with Gasteiger partial charge in [0.1, 0.15) is 5.60 Å². The van der Waals surface area contributed by atoms with Gasteiger partial charge in [0, 0.05) is 23.5 Å². The smallest absolute Gasteiger partial charge is 0.407 e. The van der Waals surface area contributed by atoms with Gasteiger partial charge in [-0.1, -0.05) is 0 Å². The zero-order valence-corrected chi connectivity index (χ0v) is 11.2. The van der Waals surface area contributed by atoms with E-state index in [1.165, 1.54) is 5.01 Å². The molecule has 1 heterocycles. The molecular weight excluding hydrogens is 236 g/mol. The summed E-state index contributed by atoms with van der Waals surface area (Å²) in [6.07, 6.45) is 3.44. The average Bonchev–Trinajstić information content (AvgIpc) is 2.59. The van der Waals surface area contributed by atoms with Gasteiger partial charge in [0.05, 0.1) is 5.01 Å². The van der Waals surface area contributed by atoms with Crippen molar-refractivity contribution in [1.29, 1.82) is 0 Å². The van der Waals surface area contributed by atoms with Gasteiger partial charge in [0.25, 0.3) is 0 Å². The van der Waals surface area contributed by atoms with E-state index >= 15 is 0 Å². The van der Waals surface area contributed by atoms with Crippen LogP contribution >= 0.6 is 11.3 Å². The Morgan fingerprint density at radius 2 is 2.24 bits per heavy atom. The maximum atomic E-state index is 11.5. The normalized spacial score (nSPS) is 23.9. The van der Waals surface area contributed by atoms with Crippen LogP contribution in [-0.4, -0.2) is 22.7 Å². The zero-order valence-electron chi connectivity index (χ0n) is 10.4. The van der Waals surface area contributed by atoms with Gasteiger partial charge in [-0.05, 0) is 33.6 Å². The number of alkyl carbamates (subject to hydrolysis) is 1. The fraction of sp³-hybridized carbons (Fsp3) is 0.667. The van der Waals surface area contributed by atoms with Crippen LogP contribution < -0.4 is 5.32 Å². The molecule has 1 aliphatic carbocycles. The minimum Gasteiger partial charge on any atom is -0.444 e. The van der Waals surface area contributed by atoms with Crippen LogP contribution in [0.5, 0.6) is 0 Å². The molecular formula is C12H18N2O2S. The molecule has 1 aliphatic rings. The van der Waals surface area contributed by atoms with Crippen LogP contribution in [0.25, 0.3) is 0 Å². The third-order valence-electron chi connectivity index (χ3n) is 2.66. The van der Waals surface area contributed by atoms with Gasteiger partial charge in [-0.2, -0.15) is 0 Å². The number of nitrogens with zero attached hydrogens (tertiary/aromatic N) is 1. The number of nitrogens with one attached hydrogen (secondary N) is 1. The third-order valence-corrected chi connectivity index (χ3v) is 3.60. The molecule has 1 amide bonds.